The van der Waals surface area contributed by atoms with E-state index in [1.165, 1.54) is 25.7 Å². The number of rotatable bonds is 5. The lowest BCUT2D eigenvalue weighted by Gasteiger charge is -2.29. The Morgan fingerprint density at radius 3 is 2.61 bits per heavy atom. The second-order valence-corrected chi connectivity index (χ2v) is 6.17. The van der Waals surface area contributed by atoms with E-state index in [0.29, 0.717) is 6.04 Å². The first-order valence-corrected chi connectivity index (χ1v) is 7.55. The van der Waals surface area contributed by atoms with Gasteiger partial charge >= 0.3 is 0 Å². The van der Waals surface area contributed by atoms with Crippen LogP contribution in [0.3, 0.4) is 0 Å². The first kappa shape index (κ1) is 13.6. The highest BCUT2D eigenvalue weighted by Gasteiger charge is 2.27. The number of amides is 1. The van der Waals surface area contributed by atoms with Gasteiger partial charge in [0.2, 0.25) is 0 Å². The summed E-state index contributed by atoms with van der Waals surface area (Å²) in [4.78, 5) is 17.6. The van der Waals surface area contributed by atoms with Crippen LogP contribution in [0.4, 0.5) is 0 Å². The second kappa shape index (κ2) is 6.34. The molecule has 0 spiro atoms. The Balaban J connectivity index is 2.05. The van der Waals surface area contributed by atoms with Crippen molar-refractivity contribution in [2.45, 2.75) is 31.7 Å². The number of likely N-dealkylation sites (N-methyl/N-ethyl adjacent to an activating group) is 1. The fraction of sp³-hybridized carbons (Fsp3) is 0.643. The van der Waals surface area contributed by atoms with Gasteiger partial charge in [0.25, 0.3) is 5.91 Å². The van der Waals surface area contributed by atoms with Crippen LogP contribution in [-0.4, -0.2) is 48.9 Å². The highest BCUT2D eigenvalue weighted by molar-refractivity contribution is 7.12. The first-order valence-electron chi connectivity index (χ1n) is 6.67. The Kier molecular flexibility index (Phi) is 4.78. The molecule has 2 rings (SSSR count). The van der Waals surface area contributed by atoms with Crippen molar-refractivity contribution < 1.29 is 4.79 Å². The van der Waals surface area contributed by atoms with Crippen molar-refractivity contribution in [1.29, 1.82) is 0 Å². The number of carbonyl (C=O) groups is 1. The molecule has 0 N–H and O–H groups in total. The molecule has 0 bridgehead atoms. The van der Waals surface area contributed by atoms with Gasteiger partial charge in [-0.15, -0.1) is 11.3 Å². The van der Waals surface area contributed by atoms with E-state index in [9.17, 15) is 4.79 Å². The molecule has 4 heteroatoms. The molecule has 1 heterocycles. The summed E-state index contributed by atoms with van der Waals surface area (Å²) in [6, 6.07) is 4.35. The summed E-state index contributed by atoms with van der Waals surface area (Å²) in [6.45, 7) is 1.78. The molecule has 0 aromatic carbocycles. The predicted molar refractivity (Wildman–Crippen MR) is 76.2 cm³/mol. The monoisotopic (exact) mass is 266 g/mol. The molecule has 1 saturated carbocycles. The summed E-state index contributed by atoms with van der Waals surface area (Å²) in [5.74, 6) is 0.221. The van der Waals surface area contributed by atoms with Crippen molar-refractivity contribution in [3.05, 3.63) is 22.4 Å². The van der Waals surface area contributed by atoms with Gasteiger partial charge in [-0.2, -0.15) is 0 Å². The van der Waals surface area contributed by atoms with E-state index in [1.807, 2.05) is 17.5 Å². The molecule has 1 aliphatic carbocycles. The van der Waals surface area contributed by atoms with Gasteiger partial charge < -0.3 is 9.80 Å². The number of carbonyl (C=O) groups excluding carboxylic acids is 1. The van der Waals surface area contributed by atoms with Crippen molar-refractivity contribution in [3.8, 4) is 0 Å². The van der Waals surface area contributed by atoms with Crippen LogP contribution in [0.1, 0.15) is 35.4 Å². The van der Waals surface area contributed by atoms with Gasteiger partial charge in [0.15, 0.2) is 0 Å². The second-order valence-electron chi connectivity index (χ2n) is 5.22. The summed E-state index contributed by atoms with van der Waals surface area (Å²) in [6.07, 6.45) is 4.87. The topological polar surface area (TPSA) is 23.6 Å². The average Bonchev–Trinajstić information content (AvgIpc) is 3.01. The Morgan fingerprint density at radius 1 is 1.33 bits per heavy atom. The SMILES string of the molecule is CN(C)CCN(C(=O)c1cccs1)C1CCCC1. The standard InChI is InChI=1S/C14H22N2OS/c1-15(2)9-10-16(12-6-3-4-7-12)14(17)13-8-5-11-18-13/h5,8,11-12H,3-4,6-7,9-10H2,1-2H3. The van der Waals surface area contributed by atoms with Crippen LogP contribution < -0.4 is 0 Å². The van der Waals surface area contributed by atoms with E-state index in [2.05, 4.69) is 23.9 Å². The zero-order valence-corrected chi connectivity index (χ0v) is 12.1. The summed E-state index contributed by atoms with van der Waals surface area (Å²) in [5, 5.41) is 1.98. The van der Waals surface area contributed by atoms with Crippen LogP contribution in [0.5, 0.6) is 0 Å². The third-order valence-corrected chi connectivity index (χ3v) is 4.40. The summed E-state index contributed by atoms with van der Waals surface area (Å²) in [7, 11) is 4.12. The first-order chi connectivity index (χ1) is 8.68. The lowest BCUT2D eigenvalue weighted by atomic mass is 10.2. The van der Waals surface area contributed by atoms with Gasteiger partial charge in [-0.05, 0) is 38.4 Å². The molecule has 0 saturated heterocycles. The molecule has 1 amide bonds. The van der Waals surface area contributed by atoms with E-state index in [1.54, 1.807) is 11.3 Å². The van der Waals surface area contributed by atoms with E-state index in [-0.39, 0.29) is 5.91 Å². The normalized spacial score (nSPS) is 16.4. The van der Waals surface area contributed by atoms with Crippen molar-refractivity contribution in [1.82, 2.24) is 9.80 Å². The van der Waals surface area contributed by atoms with Crippen molar-refractivity contribution in [2.75, 3.05) is 27.2 Å². The Bertz CT molecular complexity index is 369. The van der Waals surface area contributed by atoms with Crippen LogP contribution in [0, 0.1) is 0 Å². The number of hydrogen-bond acceptors (Lipinski definition) is 3. The molecular formula is C14H22N2OS. The van der Waals surface area contributed by atoms with Gasteiger partial charge in [0.1, 0.15) is 0 Å². The quantitative estimate of drug-likeness (QED) is 0.818. The van der Waals surface area contributed by atoms with Gasteiger partial charge in [0, 0.05) is 19.1 Å². The van der Waals surface area contributed by atoms with E-state index in [4.69, 9.17) is 0 Å². The Labute approximate surface area is 113 Å². The molecule has 0 unspecified atom stereocenters. The number of nitrogens with zero attached hydrogens (tertiary/aromatic N) is 2. The van der Waals surface area contributed by atoms with Crippen LogP contribution in [-0.2, 0) is 0 Å². The molecule has 100 valence electrons. The fourth-order valence-electron chi connectivity index (χ4n) is 2.52. The minimum atomic E-state index is 0.221. The minimum Gasteiger partial charge on any atom is -0.334 e. The van der Waals surface area contributed by atoms with Crippen molar-refractivity contribution in [3.63, 3.8) is 0 Å². The molecule has 1 aliphatic rings. The summed E-state index contributed by atoms with van der Waals surface area (Å²) in [5.41, 5.74) is 0. The van der Waals surface area contributed by atoms with Crippen molar-refractivity contribution >= 4 is 17.2 Å². The van der Waals surface area contributed by atoms with Gasteiger partial charge in [0.05, 0.1) is 4.88 Å². The maximum atomic E-state index is 12.5. The smallest absolute Gasteiger partial charge is 0.264 e. The molecule has 0 aliphatic heterocycles. The lowest BCUT2D eigenvalue weighted by Crippen LogP contribution is -2.42. The molecule has 3 nitrogen and oxygen atoms in total. The third-order valence-electron chi connectivity index (χ3n) is 3.55. The maximum absolute atomic E-state index is 12.5. The predicted octanol–water partition coefficient (Wildman–Crippen LogP) is 2.69. The van der Waals surface area contributed by atoms with Gasteiger partial charge in [-0.3, -0.25) is 4.79 Å². The average molecular weight is 266 g/mol. The highest BCUT2D eigenvalue weighted by atomic mass is 32.1. The maximum Gasteiger partial charge on any atom is 0.264 e. The van der Waals surface area contributed by atoms with Gasteiger partial charge in [-0.25, -0.2) is 0 Å². The molecule has 1 fully saturated rings. The molecule has 0 atom stereocenters. The fourth-order valence-corrected chi connectivity index (χ4v) is 3.19. The summed E-state index contributed by atoms with van der Waals surface area (Å²) >= 11 is 1.55. The minimum absolute atomic E-state index is 0.221. The zero-order chi connectivity index (χ0) is 13.0. The molecular weight excluding hydrogens is 244 g/mol. The number of hydrogen-bond donors (Lipinski definition) is 0. The van der Waals surface area contributed by atoms with Crippen LogP contribution in [0.2, 0.25) is 0 Å². The molecule has 0 radical (unpaired) electrons. The van der Waals surface area contributed by atoms with E-state index < -0.39 is 0 Å². The Morgan fingerprint density at radius 2 is 2.06 bits per heavy atom. The zero-order valence-electron chi connectivity index (χ0n) is 11.3. The Hall–Kier alpha value is -0.870. The van der Waals surface area contributed by atoms with Crippen LogP contribution in [0.25, 0.3) is 0 Å². The highest BCUT2D eigenvalue weighted by Crippen LogP contribution is 2.25. The molecule has 1 aromatic rings. The lowest BCUT2D eigenvalue weighted by molar-refractivity contribution is 0.0672. The van der Waals surface area contributed by atoms with Crippen molar-refractivity contribution in [2.24, 2.45) is 0 Å². The number of thiophene rings is 1. The van der Waals surface area contributed by atoms with E-state index in [0.717, 1.165) is 18.0 Å². The van der Waals surface area contributed by atoms with E-state index >= 15 is 0 Å². The largest absolute Gasteiger partial charge is 0.334 e. The summed E-state index contributed by atoms with van der Waals surface area (Å²) < 4.78 is 0. The third kappa shape index (κ3) is 3.33. The van der Waals surface area contributed by atoms with Crippen LogP contribution in [0.15, 0.2) is 17.5 Å². The molecule has 1 aromatic heterocycles. The van der Waals surface area contributed by atoms with Crippen LogP contribution >= 0.6 is 11.3 Å². The molecule has 18 heavy (non-hydrogen) atoms. The van der Waals surface area contributed by atoms with Gasteiger partial charge in [-0.1, -0.05) is 18.9 Å².